The standard InChI is InChI=1S/C22H34O2/c1-3-17-4-6-19(7-5-17)21-12-14-22(15-13-21)20-10-8-18(9-11-20)16(2)24-23/h8-11,16-17,19,21-23H,3-7,12-15H2,1-2H3. The maximum atomic E-state index is 8.79. The Morgan fingerprint density at radius 3 is 1.96 bits per heavy atom. The van der Waals surface area contributed by atoms with Crippen LogP contribution in [0.25, 0.3) is 0 Å². The second kappa shape index (κ2) is 8.49. The number of benzene rings is 1. The van der Waals surface area contributed by atoms with Gasteiger partial charge in [-0.05, 0) is 80.2 Å². The molecule has 2 fully saturated rings. The van der Waals surface area contributed by atoms with E-state index in [1.807, 2.05) is 6.92 Å². The minimum Gasteiger partial charge on any atom is -0.251 e. The van der Waals surface area contributed by atoms with Crippen LogP contribution in [-0.2, 0) is 4.89 Å². The van der Waals surface area contributed by atoms with E-state index in [1.54, 1.807) is 0 Å². The highest BCUT2D eigenvalue weighted by Gasteiger charge is 2.30. The molecule has 1 aromatic carbocycles. The minimum atomic E-state index is -0.243. The van der Waals surface area contributed by atoms with Gasteiger partial charge in [0, 0.05) is 0 Å². The quantitative estimate of drug-likeness (QED) is 0.479. The average molecular weight is 331 g/mol. The van der Waals surface area contributed by atoms with Gasteiger partial charge >= 0.3 is 0 Å². The van der Waals surface area contributed by atoms with Gasteiger partial charge in [0.05, 0.1) is 0 Å². The van der Waals surface area contributed by atoms with Crippen molar-refractivity contribution in [2.75, 3.05) is 0 Å². The van der Waals surface area contributed by atoms with Gasteiger partial charge in [-0.3, -0.25) is 5.26 Å². The summed E-state index contributed by atoms with van der Waals surface area (Å²) in [4.78, 5) is 4.42. The molecule has 2 nitrogen and oxygen atoms in total. The molecule has 2 saturated carbocycles. The molecule has 1 atom stereocenters. The van der Waals surface area contributed by atoms with Crippen LogP contribution >= 0.6 is 0 Å². The van der Waals surface area contributed by atoms with Crippen LogP contribution in [0.3, 0.4) is 0 Å². The summed E-state index contributed by atoms with van der Waals surface area (Å²) >= 11 is 0. The summed E-state index contributed by atoms with van der Waals surface area (Å²) in [5.41, 5.74) is 2.51. The Kier molecular flexibility index (Phi) is 6.35. The Balaban J connectivity index is 1.50. The lowest BCUT2D eigenvalue weighted by Gasteiger charge is -2.38. The van der Waals surface area contributed by atoms with Crippen molar-refractivity contribution >= 4 is 0 Å². The third kappa shape index (κ3) is 4.21. The van der Waals surface area contributed by atoms with E-state index < -0.39 is 0 Å². The largest absolute Gasteiger partial charge is 0.251 e. The van der Waals surface area contributed by atoms with Crippen molar-refractivity contribution in [2.45, 2.75) is 83.7 Å². The van der Waals surface area contributed by atoms with E-state index >= 15 is 0 Å². The average Bonchev–Trinajstić information content (AvgIpc) is 2.68. The summed E-state index contributed by atoms with van der Waals surface area (Å²) < 4.78 is 0. The first kappa shape index (κ1) is 17.9. The molecular formula is C22H34O2. The first-order chi connectivity index (χ1) is 11.7. The van der Waals surface area contributed by atoms with Crippen molar-refractivity contribution in [3.63, 3.8) is 0 Å². The third-order valence-electron chi connectivity index (χ3n) is 6.94. The highest BCUT2D eigenvalue weighted by molar-refractivity contribution is 5.27. The topological polar surface area (TPSA) is 29.5 Å². The van der Waals surface area contributed by atoms with Gasteiger partial charge in [0.25, 0.3) is 0 Å². The van der Waals surface area contributed by atoms with E-state index in [1.165, 1.54) is 63.4 Å². The molecule has 1 aromatic rings. The third-order valence-corrected chi connectivity index (χ3v) is 6.94. The van der Waals surface area contributed by atoms with E-state index in [9.17, 15) is 0 Å². The number of rotatable bonds is 5. The highest BCUT2D eigenvalue weighted by Crippen LogP contribution is 2.44. The fourth-order valence-corrected chi connectivity index (χ4v) is 5.09. The first-order valence-corrected chi connectivity index (χ1v) is 10.1. The molecular weight excluding hydrogens is 296 g/mol. The molecule has 0 saturated heterocycles. The molecule has 2 heteroatoms. The van der Waals surface area contributed by atoms with Crippen molar-refractivity contribution in [2.24, 2.45) is 17.8 Å². The minimum absolute atomic E-state index is 0.243. The van der Waals surface area contributed by atoms with Crippen LogP contribution in [0.1, 0.15) is 94.8 Å². The van der Waals surface area contributed by atoms with Crippen LogP contribution in [0.4, 0.5) is 0 Å². The van der Waals surface area contributed by atoms with E-state index in [-0.39, 0.29) is 6.10 Å². The first-order valence-electron chi connectivity index (χ1n) is 10.1. The van der Waals surface area contributed by atoms with Crippen molar-refractivity contribution < 1.29 is 10.1 Å². The molecule has 24 heavy (non-hydrogen) atoms. The van der Waals surface area contributed by atoms with Crippen LogP contribution in [0.2, 0.25) is 0 Å². The van der Waals surface area contributed by atoms with Crippen LogP contribution in [-0.4, -0.2) is 5.26 Å². The van der Waals surface area contributed by atoms with E-state index in [2.05, 4.69) is 36.1 Å². The van der Waals surface area contributed by atoms with Crippen molar-refractivity contribution in [3.05, 3.63) is 35.4 Å². The summed E-state index contributed by atoms with van der Waals surface area (Å²) in [5.74, 6) is 3.74. The maximum absolute atomic E-state index is 8.79. The Morgan fingerprint density at radius 2 is 1.46 bits per heavy atom. The normalized spacial score (nSPS) is 32.5. The van der Waals surface area contributed by atoms with Gasteiger partial charge in [-0.25, -0.2) is 4.89 Å². The molecule has 0 amide bonds. The van der Waals surface area contributed by atoms with Gasteiger partial charge in [0.15, 0.2) is 0 Å². The van der Waals surface area contributed by atoms with Crippen LogP contribution in [0.5, 0.6) is 0 Å². The fourth-order valence-electron chi connectivity index (χ4n) is 5.09. The second-order valence-corrected chi connectivity index (χ2v) is 8.22. The van der Waals surface area contributed by atoms with Gasteiger partial charge in [-0.2, -0.15) is 0 Å². The molecule has 2 aliphatic carbocycles. The Labute approximate surface area is 147 Å². The van der Waals surface area contributed by atoms with Crippen molar-refractivity contribution in [1.29, 1.82) is 0 Å². The molecule has 0 spiro atoms. The van der Waals surface area contributed by atoms with Crippen molar-refractivity contribution in [1.82, 2.24) is 0 Å². The lowest BCUT2D eigenvalue weighted by atomic mass is 9.68. The SMILES string of the molecule is CCC1CCC(C2CCC(c3ccc(C(C)OO)cc3)CC2)CC1. The molecule has 2 aliphatic rings. The Bertz CT molecular complexity index is 479. The lowest BCUT2D eigenvalue weighted by molar-refractivity contribution is -0.277. The summed E-state index contributed by atoms with van der Waals surface area (Å²) in [6, 6.07) is 8.69. The molecule has 0 heterocycles. The van der Waals surface area contributed by atoms with Crippen LogP contribution in [0.15, 0.2) is 24.3 Å². The molecule has 0 radical (unpaired) electrons. The predicted octanol–water partition coefficient (Wildman–Crippen LogP) is 6.73. The fraction of sp³-hybridized carbons (Fsp3) is 0.727. The second-order valence-electron chi connectivity index (χ2n) is 8.22. The van der Waals surface area contributed by atoms with Crippen LogP contribution < -0.4 is 0 Å². The summed E-state index contributed by atoms with van der Waals surface area (Å²) in [6.45, 7) is 4.22. The zero-order valence-electron chi connectivity index (χ0n) is 15.4. The maximum Gasteiger partial charge on any atom is 0.115 e. The molecule has 1 unspecified atom stereocenters. The lowest BCUT2D eigenvalue weighted by Crippen LogP contribution is -2.25. The van der Waals surface area contributed by atoms with Gasteiger partial charge in [0.1, 0.15) is 6.10 Å². The number of hydrogen-bond donors (Lipinski definition) is 1. The zero-order valence-corrected chi connectivity index (χ0v) is 15.4. The highest BCUT2D eigenvalue weighted by atomic mass is 17.1. The number of hydrogen-bond acceptors (Lipinski definition) is 2. The molecule has 134 valence electrons. The molecule has 0 aromatic heterocycles. The Hall–Kier alpha value is -0.860. The molecule has 0 bridgehead atoms. The van der Waals surface area contributed by atoms with E-state index in [0.29, 0.717) is 0 Å². The van der Waals surface area contributed by atoms with Crippen LogP contribution in [0, 0.1) is 17.8 Å². The predicted molar refractivity (Wildman–Crippen MR) is 99.0 cm³/mol. The molecule has 1 N–H and O–H groups in total. The van der Waals surface area contributed by atoms with Gasteiger partial charge in [-0.15, -0.1) is 0 Å². The van der Waals surface area contributed by atoms with Gasteiger partial charge in [-0.1, -0.05) is 50.5 Å². The van der Waals surface area contributed by atoms with Crippen molar-refractivity contribution in [3.8, 4) is 0 Å². The molecule has 0 aliphatic heterocycles. The summed E-state index contributed by atoms with van der Waals surface area (Å²) in [7, 11) is 0. The summed E-state index contributed by atoms with van der Waals surface area (Å²) in [6.07, 6.45) is 12.6. The van der Waals surface area contributed by atoms with E-state index in [0.717, 1.165) is 29.2 Å². The van der Waals surface area contributed by atoms with E-state index in [4.69, 9.17) is 5.26 Å². The van der Waals surface area contributed by atoms with Gasteiger partial charge in [0.2, 0.25) is 0 Å². The Morgan fingerprint density at radius 1 is 0.917 bits per heavy atom. The molecule has 3 rings (SSSR count). The summed E-state index contributed by atoms with van der Waals surface area (Å²) in [5, 5.41) is 8.79. The smallest absolute Gasteiger partial charge is 0.115 e. The van der Waals surface area contributed by atoms with Gasteiger partial charge < -0.3 is 0 Å². The zero-order chi connectivity index (χ0) is 16.9. The monoisotopic (exact) mass is 330 g/mol.